The van der Waals surface area contributed by atoms with Gasteiger partial charge in [0, 0.05) is 5.56 Å². The molecule has 4 heteroatoms. The second-order valence-corrected chi connectivity index (χ2v) is 4.10. The molecule has 1 heterocycles. The van der Waals surface area contributed by atoms with Crippen molar-refractivity contribution in [3.8, 4) is 17.1 Å². The Kier molecular flexibility index (Phi) is 4.25. The van der Waals surface area contributed by atoms with Gasteiger partial charge in [-0.2, -0.15) is 0 Å². The summed E-state index contributed by atoms with van der Waals surface area (Å²) in [4.78, 5) is 8.58. The zero-order valence-electron chi connectivity index (χ0n) is 10.5. The van der Waals surface area contributed by atoms with E-state index in [1.807, 2.05) is 24.3 Å². The summed E-state index contributed by atoms with van der Waals surface area (Å²) in [6, 6.07) is 8.12. The molecule has 0 aliphatic heterocycles. The molecule has 0 atom stereocenters. The molecule has 0 fully saturated rings. The van der Waals surface area contributed by atoms with Crippen LogP contribution in [0, 0.1) is 6.92 Å². The van der Waals surface area contributed by atoms with Gasteiger partial charge >= 0.3 is 0 Å². The van der Waals surface area contributed by atoms with E-state index in [4.69, 9.17) is 10.5 Å². The maximum atomic E-state index is 5.45. The van der Waals surface area contributed by atoms with E-state index in [1.54, 1.807) is 12.4 Å². The Morgan fingerprint density at radius 3 is 2.39 bits per heavy atom. The van der Waals surface area contributed by atoms with Gasteiger partial charge in [0.1, 0.15) is 0 Å². The maximum Gasteiger partial charge on any atom is 0.159 e. The van der Waals surface area contributed by atoms with Crippen molar-refractivity contribution in [2.24, 2.45) is 5.73 Å². The van der Waals surface area contributed by atoms with Gasteiger partial charge in [0.15, 0.2) is 11.6 Å². The molecule has 1 aromatic carbocycles. The average molecular weight is 243 g/mol. The molecular weight excluding hydrogens is 226 g/mol. The molecule has 0 spiro atoms. The highest BCUT2D eigenvalue weighted by molar-refractivity contribution is 5.55. The van der Waals surface area contributed by atoms with Gasteiger partial charge in [-0.3, -0.25) is 0 Å². The van der Waals surface area contributed by atoms with Crippen molar-refractivity contribution in [3.63, 3.8) is 0 Å². The second kappa shape index (κ2) is 6.12. The minimum absolute atomic E-state index is 0.601. The fourth-order valence-corrected chi connectivity index (χ4v) is 1.52. The minimum Gasteiger partial charge on any atom is -0.490 e. The zero-order valence-corrected chi connectivity index (χ0v) is 10.5. The van der Waals surface area contributed by atoms with Crippen LogP contribution in [0.3, 0.4) is 0 Å². The molecule has 0 bridgehead atoms. The predicted octanol–water partition coefficient (Wildman–Crippen LogP) is 2.18. The quantitative estimate of drug-likeness (QED) is 0.818. The predicted molar refractivity (Wildman–Crippen MR) is 71.4 cm³/mol. The van der Waals surface area contributed by atoms with Crippen LogP contribution in [0.4, 0.5) is 0 Å². The van der Waals surface area contributed by atoms with Gasteiger partial charge in [0.05, 0.1) is 19.0 Å². The average Bonchev–Trinajstić information content (AvgIpc) is 2.41. The van der Waals surface area contributed by atoms with Crippen LogP contribution in [0.1, 0.15) is 12.0 Å². The first-order valence-electron chi connectivity index (χ1n) is 6.01. The molecule has 1 aromatic heterocycles. The van der Waals surface area contributed by atoms with Crippen molar-refractivity contribution in [2.75, 3.05) is 13.2 Å². The monoisotopic (exact) mass is 243 g/mol. The Bertz CT molecular complexity index is 479. The molecule has 2 rings (SSSR count). The van der Waals surface area contributed by atoms with Crippen LogP contribution in [0.2, 0.25) is 0 Å². The molecule has 0 aliphatic carbocycles. The first-order valence-corrected chi connectivity index (χ1v) is 6.01. The lowest BCUT2D eigenvalue weighted by Gasteiger charge is -2.05. The largest absolute Gasteiger partial charge is 0.490 e. The molecule has 2 aromatic rings. The molecule has 0 unspecified atom stereocenters. The number of hydrogen-bond donors (Lipinski definition) is 1. The van der Waals surface area contributed by atoms with Crippen LogP contribution in [0.25, 0.3) is 11.4 Å². The standard InChI is InChI=1S/C14H17N3O/c1-11-3-5-12(6-4-11)14-16-9-13(10-17-14)18-8-2-7-15/h3-6,9-10H,2,7-8,15H2,1H3. The number of aromatic nitrogens is 2. The van der Waals surface area contributed by atoms with Crippen LogP contribution in [0.5, 0.6) is 5.75 Å². The lowest BCUT2D eigenvalue weighted by Crippen LogP contribution is -2.06. The lowest BCUT2D eigenvalue weighted by molar-refractivity contribution is 0.311. The van der Waals surface area contributed by atoms with Gasteiger partial charge < -0.3 is 10.5 Å². The van der Waals surface area contributed by atoms with Crippen molar-refractivity contribution < 1.29 is 4.74 Å². The molecule has 0 saturated carbocycles. The fourth-order valence-electron chi connectivity index (χ4n) is 1.52. The van der Waals surface area contributed by atoms with E-state index in [-0.39, 0.29) is 0 Å². The van der Waals surface area contributed by atoms with Crippen LogP contribution in [0.15, 0.2) is 36.7 Å². The van der Waals surface area contributed by atoms with Crippen molar-refractivity contribution >= 4 is 0 Å². The molecule has 0 saturated heterocycles. The number of hydrogen-bond acceptors (Lipinski definition) is 4. The number of ether oxygens (including phenoxy) is 1. The SMILES string of the molecule is Cc1ccc(-c2ncc(OCCCN)cn2)cc1. The van der Waals surface area contributed by atoms with Gasteiger partial charge in [-0.25, -0.2) is 9.97 Å². The Hall–Kier alpha value is -1.94. The summed E-state index contributed by atoms with van der Waals surface area (Å²) in [5.41, 5.74) is 7.62. The van der Waals surface area contributed by atoms with Gasteiger partial charge in [-0.05, 0) is 19.9 Å². The van der Waals surface area contributed by atoms with Crippen molar-refractivity contribution in [2.45, 2.75) is 13.3 Å². The Morgan fingerprint density at radius 2 is 1.78 bits per heavy atom. The fraction of sp³-hybridized carbons (Fsp3) is 0.286. The van der Waals surface area contributed by atoms with Crippen molar-refractivity contribution in [1.29, 1.82) is 0 Å². The number of rotatable bonds is 5. The van der Waals surface area contributed by atoms with E-state index in [0.717, 1.165) is 12.0 Å². The van der Waals surface area contributed by atoms with Crippen LogP contribution in [-0.4, -0.2) is 23.1 Å². The van der Waals surface area contributed by atoms with E-state index in [9.17, 15) is 0 Å². The third-order valence-electron chi connectivity index (χ3n) is 2.56. The Balaban J connectivity index is 2.05. The van der Waals surface area contributed by atoms with E-state index >= 15 is 0 Å². The lowest BCUT2D eigenvalue weighted by atomic mass is 10.1. The van der Waals surface area contributed by atoms with Gasteiger partial charge in [0.2, 0.25) is 0 Å². The molecule has 2 N–H and O–H groups in total. The summed E-state index contributed by atoms with van der Waals surface area (Å²) >= 11 is 0. The summed E-state index contributed by atoms with van der Waals surface area (Å²) in [6.07, 6.45) is 4.22. The maximum absolute atomic E-state index is 5.45. The molecule has 0 aliphatic rings. The normalized spacial score (nSPS) is 10.3. The molecule has 0 amide bonds. The summed E-state index contributed by atoms with van der Waals surface area (Å²) in [7, 11) is 0. The van der Waals surface area contributed by atoms with E-state index in [1.165, 1.54) is 5.56 Å². The van der Waals surface area contributed by atoms with Crippen LogP contribution < -0.4 is 10.5 Å². The third-order valence-corrected chi connectivity index (χ3v) is 2.56. The summed E-state index contributed by atoms with van der Waals surface area (Å²) in [6.45, 7) is 3.28. The summed E-state index contributed by atoms with van der Waals surface area (Å²) in [5.74, 6) is 1.39. The van der Waals surface area contributed by atoms with E-state index < -0.39 is 0 Å². The van der Waals surface area contributed by atoms with Crippen molar-refractivity contribution in [1.82, 2.24) is 9.97 Å². The van der Waals surface area contributed by atoms with Gasteiger partial charge in [-0.1, -0.05) is 29.8 Å². The topological polar surface area (TPSA) is 61.0 Å². The Labute approximate surface area is 107 Å². The van der Waals surface area contributed by atoms with Crippen LogP contribution >= 0.6 is 0 Å². The van der Waals surface area contributed by atoms with Gasteiger partial charge in [0.25, 0.3) is 0 Å². The molecular formula is C14H17N3O. The summed E-state index contributed by atoms with van der Waals surface area (Å²) < 4.78 is 5.45. The molecule has 18 heavy (non-hydrogen) atoms. The third kappa shape index (κ3) is 3.28. The first-order chi connectivity index (χ1) is 8.79. The number of nitrogens with two attached hydrogens (primary N) is 1. The summed E-state index contributed by atoms with van der Waals surface area (Å²) in [5, 5.41) is 0. The molecule has 94 valence electrons. The highest BCUT2D eigenvalue weighted by atomic mass is 16.5. The molecule has 4 nitrogen and oxygen atoms in total. The minimum atomic E-state index is 0.601. The molecule has 0 radical (unpaired) electrons. The smallest absolute Gasteiger partial charge is 0.159 e. The number of nitrogens with zero attached hydrogens (tertiary/aromatic N) is 2. The zero-order chi connectivity index (χ0) is 12.8. The number of aryl methyl sites for hydroxylation is 1. The van der Waals surface area contributed by atoms with Crippen molar-refractivity contribution in [3.05, 3.63) is 42.2 Å². The highest BCUT2D eigenvalue weighted by Crippen LogP contribution is 2.17. The second-order valence-electron chi connectivity index (χ2n) is 4.10. The van der Waals surface area contributed by atoms with E-state index in [0.29, 0.717) is 24.7 Å². The first kappa shape index (κ1) is 12.5. The Morgan fingerprint density at radius 1 is 1.11 bits per heavy atom. The van der Waals surface area contributed by atoms with E-state index in [2.05, 4.69) is 16.9 Å². The van der Waals surface area contributed by atoms with Crippen LogP contribution in [-0.2, 0) is 0 Å². The number of benzene rings is 1. The highest BCUT2D eigenvalue weighted by Gasteiger charge is 2.01. The van der Waals surface area contributed by atoms with Gasteiger partial charge in [-0.15, -0.1) is 0 Å².